The largest absolute Gasteiger partial charge is 0.355 e. The Morgan fingerprint density at radius 1 is 1.18 bits per heavy atom. The highest BCUT2D eigenvalue weighted by Crippen LogP contribution is 2.28. The first-order chi connectivity index (χ1) is 13.4. The molecule has 0 bridgehead atoms. The van der Waals surface area contributed by atoms with Gasteiger partial charge in [0.1, 0.15) is 0 Å². The number of aromatic nitrogens is 1. The minimum atomic E-state index is -0.107. The number of fused-ring (bicyclic) bond motifs is 1. The molecule has 1 aliphatic rings. The summed E-state index contributed by atoms with van der Waals surface area (Å²) in [5.41, 5.74) is 0.667. The van der Waals surface area contributed by atoms with Gasteiger partial charge < -0.3 is 19.7 Å². The molecule has 1 fully saturated rings. The van der Waals surface area contributed by atoms with Crippen molar-refractivity contribution in [3.05, 3.63) is 39.6 Å². The first-order valence-corrected chi connectivity index (χ1v) is 10.9. The SMILES string of the molecule is CN1CCN(CCCNC(=O)CSc2cc(=O)n(C)c3cc(Cl)ccc23)CC1. The monoisotopic (exact) mass is 422 g/mol. The second-order valence-corrected chi connectivity index (χ2v) is 8.66. The molecule has 1 aliphatic heterocycles. The van der Waals surface area contributed by atoms with Crippen molar-refractivity contribution in [3.8, 4) is 0 Å². The zero-order valence-corrected chi connectivity index (χ0v) is 18.0. The number of thioether (sulfide) groups is 1. The number of carbonyl (C=O) groups excluding carboxylic acids is 1. The van der Waals surface area contributed by atoms with Crippen LogP contribution in [0, 0.1) is 0 Å². The van der Waals surface area contributed by atoms with Gasteiger partial charge in [-0.05, 0) is 32.1 Å². The number of piperazine rings is 1. The summed E-state index contributed by atoms with van der Waals surface area (Å²) in [7, 11) is 3.87. The molecule has 1 aromatic carbocycles. The number of hydrogen-bond donors (Lipinski definition) is 1. The number of likely N-dealkylation sites (N-methyl/N-ethyl adjacent to an activating group) is 1. The maximum atomic E-state index is 12.2. The third-order valence-electron chi connectivity index (χ3n) is 5.10. The fourth-order valence-corrected chi connectivity index (χ4v) is 4.38. The van der Waals surface area contributed by atoms with E-state index in [-0.39, 0.29) is 11.5 Å². The summed E-state index contributed by atoms with van der Waals surface area (Å²) in [5.74, 6) is 0.283. The zero-order chi connectivity index (χ0) is 20.1. The maximum absolute atomic E-state index is 12.2. The van der Waals surface area contributed by atoms with Crippen molar-refractivity contribution in [1.29, 1.82) is 0 Å². The third kappa shape index (κ3) is 5.50. The molecule has 1 N–H and O–H groups in total. The molecule has 0 saturated carbocycles. The van der Waals surface area contributed by atoms with E-state index < -0.39 is 0 Å². The summed E-state index contributed by atoms with van der Waals surface area (Å²) >= 11 is 7.45. The third-order valence-corrected chi connectivity index (χ3v) is 6.39. The molecule has 1 saturated heterocycles. The van der Waals surface area contributed by atoms with Gasteiger partial charge in [-0.1, -0.05) is 17.7 Å². The number of pyridine rings is 1. The summed E-state index contributed by atoms with van der Waals surface area (Å²) in [6.07, 6.45) is 0.952. The number of aryl methyl sites for hydroxylation is 1. The van der Waals surface area contributed by atoms with Crippen molar-refractivity contribution in [1.82, 2.24) is 19.7 Å². The van der Waals surface area contributed by atoms with E-state index >= 15 is 0 Å². The van der Waals surface area contributed by atoms with Gasteiger partial charge in [0.05, 0.1) is 11.3 Å². The van der Waals surface area contributed by atoms with Crippen LogP contribution in [0.2, 0.25) is 5.02 Å². The van der Waals surface area contributed by atoms with Crippen molar-refractivity contribution < 1.29 is 4.79 Å². The normalized spacial score (nSPS) is 15.8. The second-order valence-electron chi connectivity index (χ2n) is 7.20. The lowest BCUT2D eigenvalue weighted by molar-refractivity contribution is -0.118. The fraction of sp³-hybridized carbons (Fsp3) is 0.500. The standard InChI is InChI=1S/C20H27ClN4O2S/c1-23-8-10-25(11-9-23)7-3-6-22-19(26)14-28-18-13-20(27)24(2)17-12-15(21)4-5-16(17)18/h4-5,12-13H,3,6-11,14H2,1-2H3,(H,22,26). The average Bonchev–Trinajstić information content (AvgIpc) is 2.68. The summed E-state index contributed by atoms with van der Waals surface area (Å²) in [6.45, 7) is 6.11. The molecule has 0 spiro atoms. The van der Waals surface area contributed by atoms with Gasteiger partial charge in [-0.15, -0.1) is 11.8 Å². The second kappa shape index (κ2) is 9.78. The molecule has 2 aromatic rings. The zero-order valence-electron chi connectivity index (χ0n) is 16.4. The molecule has 3 rings (SSSR count). The van der Waals surface area contributed by atoms with E-state index in [1.165, 1.54) is 11.8 Å². The van der Waals surface area contributed by atoms with Crippen molar-refractivity contribution in [3.63, 3.8) is 0 Å². The van der Waals surface area contributed by atoms with Crippen LogP contribution in [0.15, 0.2) is 34.0 Å². The Labute approximate surface area is 174 Å². The van der Waals surface area contributed by atoms with Gasteiger partial charge in [-0.3, -0.25) is 9.59 Å². The molecule has 0 aliphatic carbocycles. The number of nitrogens with one attached hydrogen (secondary N) is 1. The number of nitrogens with zero attached hydrogens (tertiary/aromatic N) is 3. The van der Waals surface area contributed by atoms with E-state index in [1.807, 2.05) is 6.07 Å². The molecule has 1 aromatic heterocycles. The average molecular weight is 423 g/mol. The number of rotatable bonds is 7. The van der Waals surface area contributed by atoms with Crippen LogP contribution in [0.3, 0.4) is 0 Å². The van der Waals surface area contributed by atoms with Gasteiger partial charge >= 0.3 is 0 Å². The first kappa shape index (κ1) is 21.2. The minimum absolute atomic E-state index is 0.00818. The molecule has 28 heavy (non-hydrogen) atoms. The smallest absolute Gasteiger partial charge is 0.251 e. The Bertz CT molecular complexity index is 894. The van der Waals surface area contributed by atoms with Crippen molar-refractivity contribution in [2.24, 2.45) is 7.05 Å². The molecule has 6 nitrogen and oxygen atoms in total. The van der Waals surface area contributed by atoms with Crippen LogP contribution >= 0.6 is 23.4 Å². The van der Waals surface area contributed by atoms with Crippen LogP contribution in [0.4, 0.5) is 0 Å². The quantitative estimate of drug-likeness (QED) is 0.546. The van der Waals surface area contributed by atoms with Gasteiger partial charge in [0, 0.05) is 61.1 Å². The summed E-state index contributed by atoms with van der Waals surface area (Å²) in [6, 6.07) is 7.06. The molecule has 152 valence electrons. The highest BCUT2D eigenvalue weighted by Gasteiger charge is 2.13. The lowest BCUT2D eigenvalue weighted by atomic mass is 10.2. The van der Waals surface area contributed by atoms with E-state index in [1.54, 1.807) is 29.8 Å². The highest BCUT2D eigenvalue weighted by atomic mass is 35.5. The van der Waals surface area contributed by atoms with Crippen LogP contribution in [-0.2, 0) is 11.8 Å². The van der Waals surface area contributed by atoms with Crippen molar-refractivity contribution in [2.45, 2.75) is 11.3 Å². The number of hydrogen-bond acceptors (Lipinski definition) is 5. The van der Waals surface area contributed by atoms with E-state index in [0.717, 1.165) is 54.9 Å². The lowest BCUT2D eigenvalue weighted by Gasteiger charge is -2.32. The highest BCUT2D eigenvalue weighted by molar-refractivity contribution is 8.00. The van der Waals surface area contributed by atoms with Crippen LogP contribution in [-0.4, -0.2) is 72.3 Å². The predicted molar refractivity (Wildman–Crippen MR) is 116 cm³/mol. The fourth-order valence-electron chi connectivity index (χ4n) is 3.31. The minimum Gasteiger partial charge on any atom is -0.355 e. The molecule has 0 radical (unpaired) electrons. The maximum Gasteiger partial charge on any atom is 0.251 e. The Morgan fingerprint density at radius 2 is 1.93 bits per heavy atom. The van der Waals surface area contributed by atoms with E-state index in [9.17, 15) is 9.59 Å². The molecular formula is C20H27ClN4O2S. The van der Waals surface area contributed by atoms with Crippen molar-refractivity contribution >= 4 is 40.2 Å². The molecule has 2 heterocycles. The number of halogens is 1. The van der Waals surface area contributed by atoms with Gasteiger partial charge in [-0.25, -0.2) is 0 Å². The summed E-state index contributed by atoms with van der Waals surface area (Å²) in [5, 5.41) is 4.50. The number of amides is 1. The molecule has 0 unspecified atom stereocenters. The van der Waals surface area contributed by atoms with E-state index in [4.69, 9.17) is 11.6 Å². The van der Waals surface area contributed by atoms with Crippen LogP contribution < -0.4 is 10.9 Å². The summed E-state index contributed by atoms with van der Waals surface area (Å²) in [4.78, 5) is 30.0. The van der Waals surface area contributed by atoms with E-state index in [2.05, 4.69) is 22.2 Å². The van der Waals surface area contributed by atoms with Gasteiger partial charge in [0.2, 0.25) is 5.91 Å². The summed E-state index contributed by atoms with van der Waals surface area (Å²) < 4.78 is 1.57. The topological polar surface area (TPSA) is 57.6 Å². The molecule has 8 heteroatoms. The first-order valence-electron chi connectivity index (χ1n) is 9.54. The Balaban J connectivity index is 1.48. The Kier molecular flexibility index (Phi) is 7.40. The van der Waals surface area contributed by atoms with Gasteiger partial charge in [-0.2, -0.15) is 0 Å². The van der Waals surface area contributed by atoms with Crippen LogP contribution in [0.25, 0.3) is 10.9 Å². The van der Waals surface area contributed by atoms with Crippen molar-refractivity contribution in [2.75, 3.05) is 52.1 Å². The van der Waals surface area contributed by atoms with Gasteiger partial charge in [0.25, 0.3) is 5.56 Å². The molecular weight excluding hydrogens is 396 g/mol. The Morgan fingerprint density at radius 3 is 2.68 bits per heavy atom. The number of carbonyl (C=O) groups is 1. The lowest BCUT2D eigenvalue weighted by Crippen LogP contribution is -2.45. The van der Waals surface area contributed by atoms with Crippen LogP contribution in [0.1, 0.15) is 6.42 Å². The van der Waals surface area contributed by atoms with Gasteiger partial charge in [0.15, 0.2) is 0 Å². The predicted octanol–water partition coefficient (Wildman–Crippen LogP) is 2.04. The van der Waals surface area contributed by atoms with Crippen LogP contribution in [0.5, 0.6) is 0 Å². The molecule has 1 amide bonds. The Hall–Kier alpha value is -1.54. The number of benzene rings is 1. The van der Waals surface area contributed by atoms with E-state index in [0.29, 0.717) is 17.3 Å². The molecule has 0 atom stereocenters.